The van der Waals surface area contributed by atoms with Gasteiger partial charge in [-0.25, -0.2) is 4.79 Å². The molecule has 0 bridgehead atoms. The molecule has 0 amide bonds. The van der Waals surface area contributed by atoms with Gasteiger partial charge in [-0.1, -0.05) is 6.58 Å². The average Bonchev–Trinajstić information content (AvgIpc) is 2.48. The molecule has 1 aliphatic carbocycles. The molecule has 0 N–H and O–H groups in total. The summed E-state index contributed by atoms with van der Waals surface area (Å²) in [6, 6.07) is 0. The van der Waals surface area contributed by atoms with E-state index >= 15 is 0 Å². The third-order valence-electron chi connectivity index (χ3n) is 2.66. The van der Waals surface area contributed by atoms with Crippen LogP contribution in [0.4, 0.5) is 0 Å². The van der Waals surface area contributed by atoms with Crippen molar-refractivity contribution in [2.45, 2.75) is 57.8 Å². The first kappa shape index (κ1) is 13.3. The van der Waals surface area contributed by atoms with E-state index in [1.807, 2.05) is 26.6 Å². The number of ether oxygens (including phenoxy) is 1. The molecule has 16 heavy (non-hydrogen) atoms. The molecule has 0 aromatic heterocycles. The molecule has 1 rings (SSSR count). The summed E-state index contributed by atoms with van der Waals surface area (Å²) in [5, 5.41) is 0. The minimum atomic E-state index is -1.76. The number of carbonyl (C=O) groups is 1. The Morgan fingerprint density at radius 1 is 1.25 bits per heavy atom. The zero-order valence-corrected chi connectivity index (χ0v) is 11.8. The van der Waals surface area contributed by atoms with E-state index in [0.29, 0.717) is 0 Å². The second-order valence-electron chi connectivity index (χ2n) is 5.68. The van der Waals surface area contributed by atoms with Crippen LogP contribution in [-0.2, 0) is 14.0 Å². The van der Waals surface area contributed by atoms with Crippen LogP contribution in [0.25, 0.3) is 0 Å². The summed E-state index contributed by atoms with van der Waals surface area (Å²) in [5.74, 6) is -0.237. The maximum absolute atomic E-state index is 11.8. The molecular formula is C12H22O3Si. The van der Waals surface area contributed by atoms with E-state index < -0.39 is 14.3 Å². The fourth-order valence-corrected chi connectivity index (χ4v) is 2.74. The Kier molecular flexibility index (Phi) is 3.83. The van der Waals surface area contributed by atoms with Gasteiger partial charge in [-0.2, -0.15) is 0 Å². The number of hydrogen-bond acceptors (Lipinski definition) is 3. The normalized spacial score (nSPS) is 19.2. The Morgan fingerprint density at radius 3 is 2.19 bits per heavy atom. The maximum Gasteiger partial charge on any atom is 0.372 e. The van der Waals surface area contributed by atoms with Gasteiger partial charge >= 0.3 is 5.97 Å². The van der Waals surface area contributed by atoms with Gasteiger partial charge in [0.05, 0.1) is 0 Å². The summed E-state index contributed by atoms with van der Waals surface area (Å²) in [6.45, 7) is 11.7. The third kappa shape index (κ3) is 4.00. The van der Waals surface area contributed by atoms with Gasteiger partial charge in [0.1, 0.15) is 5.60 Å². The van der Waals surface area contributed by atoms with Crippen molar-refractivity contribution >= 4 is 14.3 Å². The number of carbonyl (C=O) groups excluding carboxylic acids is 1. The lowest BCUT2D eigenvalue weighted by molar-refractivity contribution is -0.155. The maximum atomic E-state index is 11.8. The summed E-state index contributed by atoms with van der Waals surface area (Å²) >= 11 is 0. The monoisotopic (exact) mass is 242 g/mol. The Bertz CT molecular complexity index is 285. The fourth-order valence-electron chi connectivity index (χ4n) is 1.92. The first-order valence-corrected chi connectivity index (χ1v) is 9.24. The van der Waals surface area contributed by atoms with Crippen LogP contribution in [0.5, 0.6) is 0 Å². The standard InChI is InChI=1S/C12H22O3Si/c1-10(15-16(3,4)5)11(13)14-12(2)8-6-7-9-12/h1,6-9H2,2-5H3. The molecule has 0 unspecified atom stereocenters. The third-order valence-corrected chi connectivity index (χ3v) is 3.52. The molecule has 4 heteroatoms. The fraction of sp³-hybridized carbons (Fsp3) is 0.750. The number of esters is 1. The molecule has 92 valence electrons. The highest BCUT2D eigenvalue weighted by atomic mass is 28.4. The van der Waals surface area contributed by atoms with Crippen molar-refractivity contribution in [3.05, 3.63) is 12.3 Å². The molecule has 1 fully saturated rings. The van der Waals surface area contributed by atoms with Crippen molar-refractivity contribution in [3.63, 3.8) is 0 Å². The van der Waals surface area contributed by atoms with Crippen LogP contribution in [0.15, 0.2) is 12.3 Å². The highest BCUT2D eigenvalue weighted by Crippen LogP contribution is 2.33. The van der Waals surface area contributed by atoms with Crippen molar-refractivity contribution in [2.75, 3.05) is 0 Å². The molecule has 3 nitrogen and oxygen atoms in total. The number of rotatable bonds is 4. The van der Waals surface area contributed by atoms with E-state index in [1.54, 1.807) is 0 Å². The Labute approximate surface area is 99.0 Å². The molecule has 0 aromatic rings. The lowest BCUT2D eigenvalue weighted by Crippen LogP contribution is -2.32. The van der Waals surface area contributed by atoms with Crippen molar-refractivity contribution in [2.24, 2.45) is 0 Å². The average molecular weight is 242 g/mol. The van der Waals surface area contributed by atoms with Crippen molar-refractivity contribution in [1.29, 1.82) is 0 Å². The van der Waals surface area contributed by atoms with E-state index in [1.165, 1.54) is 0 Å². The van der Waals surface area contributed by atoms with Gasteiger partial charge in [0.25, 0.3) is 0 Å². The second-order valence-corrected chi connectivity index (χ2v) is 10.1. The topological polar surface area (TPSA) is 35.5 Å². The summed E-state index contributed by atoms with van der Waals surface area (Å²) in [4.78, 5) is 11.8. The van der Waals surface area contributed by atoms with Crippen molar-refractivity contribution in [3.8, 4) is 0 Å². The van der Waals surface area contributed by atoms with Crippen LogP contribution in [0.3, 0.4) is 0 Å². The van der Waals surface area contributed by atoms with Crippen LogP contribution in [0.2, 0.25) is 19.6 Å². The summed E-state index contributed by atoms with van der Waals surface area (Å²) in [7, 11) is -1.76. The molecule has 0 heterocycles. The minimum Gasteiger partial charge on any atom is -0.540 e. The molecule has 1 saturated carbocycles. The predicted octanol–water partition coefficient (Wildman–Crippen LogP) is 3.23. The summed E-state index contributed by atoms with van der Waals surface area (Å²) in [6.07, 6.45) is 4.15. The van der Waals surface area contributed by atoms with Gasteiger partial charge in [0, 0.05) is 0 Å². The Hall–Kier alpha value is -0.773. The largest absolute Gasteiger partial charge is 0.540 e. The predicted molar refractivity (Wildman–Crippen MR) is 66.5 cm³/mol. The van der Waals surface area contributed by atoms with Crippen molar-refractivity contribution in [1.82, 2.24) is 0 Å². The Morgan fingerprint density at radius 2 is 1.75 bits per heavy atom. The molecule has 0 aromatic carbocycles. The van der Waals surface area contributed by atoms with Gasteiger partial charge < -0.3 is 9.16 Å². The second kappa shape index (κ2) is 4.61. The van der Waals surface area contributed by atoms with E-state index in [9.17, 15) is 4.79 Å². The molecule has 0 radical (unpaired) electrons. The lowest BCUT2D eigenvalue weighted by Gasteiger charge is -2.26. The van der Waals surface area contributed by atoms with Crippen LogP contribution in [0.1, 0.15) is 32.6 Å². The smallest absolute Gasteiger partial charge is 0.372 e. The first-order chi connectivity index (χ1) is 7.22. The van der Waals surface area contributed by atoms with Gasteiger partial charge in [0.15, 0.2) is 5.76 Å². The van der Waals surface area contributed by atoms with Gasteiger partial charge in [-0.15, -0.1) is 0 Å². The highest BCUT2D eigenvalue weighted by Gasteiger charge is 2.34. The van der Waals surface area contributed by atoms with E-state index in [4.69, 9.17) is 9.16 Å². The van der Waals surface area contributed by atoms with E-state index in [-0.39, 0.29) is 11.4 Å². The zero-order chi connectivity index (χ0) is 12.4. The number of hydrogen-bond donors (Lipinski definition) is 0. The summed E-state index contributed by atoms with van der Waals surface area (Å²) in [5.41, 5.74) is -0.303. The van der Waals surface area contributed by atoms with Crippen LogP contribution in [0, 0.1) is 0 Å². The first-order valence-electron chi connectivity index (χ1n) is 5.83. The van der Waals surface area contributed by atoms with Crippen LogP contribution in [-0.4, -0.2) is 19.9 Å². The highest BCUT2D eigenvalue weighted by molar-refractivity contribution is 6.70. The molecule has 1 aliphatic rings. The SMILES string of the molecule is C=C(O[Si](C)(C)C)C(=O)OC1(C)CCCC1. The van der Waals surface area contributed by atoms with E-state index in [0.717, 1.165) is 25.7 Å². The van der Waals surface area contributed by atoms with Crippen molar-refractivity contribution < 1.29 is 14.0 Å². The molecule has 0 spiro atoms. The minimum absolute atomic E-state index is 0.160. The summed E-state index contributed by atoms with van der Waals surface area (Å²) < 4.78 is 11.0. The molecular weight excluding hydrogens is 220 g/mol. The molecule has 0 aliphatic heterocycles. The van der Waals surface area contributed by atoms with E-state index in [2.05, 4.69) is 6.58 Å². The molecule has 0 atom stereocenters. The quantitative estimate of drug-likeness (QED) is 0.328. The lowest BCUT2D eigenvalue weighted by atomic mass is 10.1. The van der Waals surface area contributed by atoms with Gasteiger partial charge in [0.2, 0.25) is 8.32 Å². The van der Waals surface area contributed by atoms with Crippen LogP contribution < -0.4 is 0 Å². The Balaban J connectivity index is 2.49. The van der Waals surface area contributed by atoms with Gasteiger partial charge in [-0.05, 0) is 52.2 Å². The van der Waals surface area contributed by atoms with Crippen LogP contribution >= 0.6 is 0 Å². The van der Waals surface area contributed by atoms with Gasteiger partial charge in [-0.3, -0.25) is 0 Å². The zero-order valence-electron chi connectivity index (χ0n) is 10.8. The molecule has 0 saturated heterocycles.